The fraction of sp³-hybridized carbons (Fsp3) is 0.357. The number of carbonyl (C=O) groups excluding carboxylic acids is 1. The fourth-order valence-corrected chi connectivity index (χ4v) is 4.52. The number of carbonyl (C=O) groups is 1. The van der Waals surface area contributed by atoms with Crippen molar-refractivity contribution in [2.24, 2.45) is 0 Å². The minimum atomic E-state index is -0.556. The van der Waals surface area contributed by atoms with E-state index >= 15 is 0 Å². The lowest BCUT2D eigenvalue weighted by Gasteiger charge is -2.16. The molecular weight excluding hydrogens is 452 g/mol. The van der Waals surface area contributed by atoms with Crippen LogP contribution in [0.2, 0.25) is 0 Å². The first-order valence-corrected chi connectivity index (χ1v) is 12.5. The maximum Gasteiger partial charge on any atom is 0.277 e. The molecule has 4 aromatic rings. The second-order valence-electron chi connectivity index (χ2n) is 9.36. The normalized spacial score (nSPS) is 14.2. The molecule has 8 heteroatoms. The summed E-state index contributed by atoms with van der Waals surface area (Å²) in [7, 11) is 0. The second kappa shape index (κ2) is 11.2. The number of hydrogen-bond donors (Lipinski definition) is 2. The Kier molecular flexibility index (Phi) is 7.83. The molecule has 0 spiro atoms. The van der Waals surface area contributed by atoms with Gasteiger partial charge < -0.3 is 15.0 Å². The maximum absolute atomic E-state index is 13.2. The van der Waals surface area contributed by atoms with Gasteiger partial charge in [-0.1, -0.05) is 55.7 Å². The first kappa shape index (κ1) is 25.2. The zero-order chi connectivity index (χ0) is 25.7. The maximum atomic E-state index is 13.2. The molecule has 5 rings (SSSR count). The lowest BCUT2D eigenvalue weighted by Crippen LogP contribution is -2.36. The Labute approximate surface area is 214 Å². The molecule has 4 heterocycles. The summed E-state index contributed by atoms with van der Waals surface area (Å²) in [6, 6.07) is 9.67. The van der Waals surface area contributed by atoms with Gasteiger partial charge in [-0.3, -0.25) is 14.2 Å². The number of aryl methyl sites for hydroxylation is 3. The van der Waals surface area contributed by atoms with Crippen LogP contribution in [0.5, 0.6) is 0 Å². The van der Waals surface area contributed by atoms with Crippen LogP contribution in [-0.4, -0.2) is 24.8 Å². The van der Waals surface area contributed by atoms with E-state index in [1.165, 1.54) is 22.1 Å². The van der Waals surface area contributed by atoms with Crippen molar-refractivity contribution in [1.29, 1.82) is 0 Å². The number of benzene rings is 1. The highest BCUT2D eigenvalue weighted by Gasteiger charge is 2.31. The molecule has 1 atom stereocenters. The zero-order valence-corrected chi connectivity index (χ0v) is 21.4. The summed E-state index contributed by atoms with van der Waals surface area (Å²) in [4.78, 5) is 34.7. The van der Waals surface area contributed by atoms with Crippen LogP contribution in [0.4, 0.5) is 5.69 Å². The Bertz CT molecular complexity index is 1410. The third-order valence-corrected chi connectivity index (χ3v) is 6.03. The smallest absolute Gasteiger partial charge is 0.277 e. The molecular formula is C28H38N6O2. The van der Waals surface area contributed by atoms with Crippen LogP contribution < -0.4 is 16.2 Å². The predicted octanol–water partition coefficient (Wildman–Crippen LogP) is 4.83. The molecule has 1 aromatic carbocycles. The first-order valence-electron chi connectivity index (χ1n) is 12.5. The van der Waals surface area contributed by atoms with Gasteiger partial charge in [-0.2, -0.15) is 0 Å². The van der Waals surface area contributed by atoms with Crippen molar-refractivity contribution in [3.63, 3.8) is 0 Å². The van der Waals surface area contributed by atoms with E-state index in [0.29, 0.717) is 37.4 Å². The lowest BCUT2D eigenvalue weighted by molar-refractivity contribution is -0.124. The molecule has 0 unspecified atom stereocenters. The number of rotatable bonds is 6. The van der Waals surface area contributed by atoms with Gasteiger partial charge >= 0.3 is 0 Å². The number of aromatic nitrogens is 4. The zero-order valence-electron chi connectivity index (χ0n) is 21.4. The van der Waals surface area contributed by atoms with E-state index in [9.17, 15) is 9.59 Å². The molecule has 1 aliphatic heterocycles. The van der Waals surface area contributed by atoms with Crippen LogP contribution in [0.15, 0.2) is 60.0 Å². The average Bonchev–Trinajstić information content (AvgIpc) is 3.49. The van der Waals surface area contributed by atoms with Crippen molar-refractivity contribution in [3.8, 4) is 0 Å². The standard InChI is InChI=1S/C25H26N6O2.C3H8.2H2/c1-16-7-17(2)9-19(8-16)11-27-21-13-28-23-6-5-22(31(23)25(21)33)24(32)29-10-18-3-4-20-12-26-15-30(20)14-18;1-3-2;;/h3-4,7-9,12-15,22,27H,5-6,10-11H2,1-2H3,(H,29,32);3H2,1-2H3;2*1H/t22-;;;/m0.../s1. The van der Waals surface area contributed by atoms with Crippen molar-refractivity contribution in [2.45, 2.75) is 66.1 Å². The number of nitrogens with one attached hydrogen (secondary N) is 2. The summed E-state index contributed by atoms with van der Waals surface area (Å²) >= 11 is 0. The number of fused-ring (bicyclic) bond motifs is 2. The van der Waals surface area contributed by atoms with E-state index < -0.39 is 6.04 Å². The Morgan fingerprint density at radius 1 is 1.08 bits per heavy atom. The lowest BCUT2D eigenvalue weighted by atomic mass is 10.1. The topological polar surface area (TPSA) is 93.3 Å². The number of anilines is 1. The summed E-state index contributed by atoms with van der Waals surface area (Å²) in [6.07, 6.45) is 9.45. The predicted molar refractivity (Wildman–Crippen MR) is 146 cm³/mol. The van der Waals surface area contributed by atoms with Crippen molar-refractivity contribution >= 4 is 17.1 Å². The Balaban J connectivity index is 0.000000969. The Morgan fingerprint density at radius 2 is 1.83 bits per heavy atom. The van der Waals surface area contributed by atoms with E-state index in [0.717, 1.165) is 16.6 Å². The third-order valence-electron chi connectivity index (χ3n) is 6.03. The highest BCUT2D eigenvalue weighted by atomic mass is 16.2. The van der Waals surface area contributed by atoms with Gasteiger partial charge in [-0.15, -0.1) is 0 Å². The minimum absolute atomic E-state index is 0. The van der Waals surface area contributed by atoms with Gasteiger partial charge in [-0.05, 0) is 37.5 Å². The van der Waals surface area contributed by atoms with Gasteiger partial charge in [0, 0.05) is 28.6 Å². The Morgan fingerprint density at radius 3 is 2.58 bits per heavy atom. The molecule has 36 heavy (non-hydrogen) atoms. The summed E-state index contributed by atoms with van der Waals surface area (Å²) < 4.78 is 3.45. The van der Waals surface area contributed by atoms with Crippen LogP contribution in [0.25, 0.3) is 5.52 Å². The van der Waals surface area contributed by atoms with E-state index in [4.69, 9.17) is 0 Å². The molecule has 0 saturated carbocycles. The SMILES string of the molecule is CCC.Cc1cc(C)cc(CNc2cnc3n(c2=O)[C@H](C(=O)NCc2ccc4cncn4c2)CC3)c1.[HH].[HH]. The molecule has 2 N–H and O–H groups in total. The van der Waals surface area contributed by atoms with E-state index in [1.54, 1.807) is 18.7 Å². The number of pyridine rings is 1. The number of nitrogens with zero attached hydrogens (tertiary/aromatic N) is 4. The first-order chi connectivity index (χ1) is 17.4. The molecule has 0 bridgehead atoms. The molecule has 8 nitrogen and oxygen atoms in total. The van der Waals surface area contributed by atoms with Crippen molar-refractivity contribution in [3.05, 3.63) is 93.7 Å². The van der Waals surface area contributed by atoms with Gasteiger partial charge in [0.2, 0.25) is 5.91 Å². The van der Waals surface area contributed by atoms with E-state index in [-0.39, 0.29) is 14.3 Å². The fourth-order valence-electron chi connectivity index (χ4n) is 4.52. The summed E-state index contributed by atoms with van der Waals surface area (Å²) in [5.41, 5.74) is 5.61. The second-order valence-corrected chi connectivity index (χ2v) is 9.36. The highest BCUT2D eigenvalue weighted by molar-refractivity contribution is 5.81. The summed E-state index contributed by atoms with van der Waals surface area (Å²) in [5.74, 6) is 0.478. The number of hydrogen-bond acceptors (Lipinski definition) is 5. The quantitative estimate of drug-likeness (QED) is 0.404. The minimum Gasteiger partial charge on any atom is -0.375 e. The van der Waals surface area contributed by atoms with E-state index in [2.05, 4.69) is 66.5 Å². The van der Waals surface area contributed by atoms with Gasteiger partial charge in [-0.25, -0.2) is 9.97 Å². The summed E-state index contributed by atoms with van der Waals surface area (Å²) in [6.45, 7) is 9.26. The molecule has 0 aliphatic carbocycles. The van der Waals surface area contributed by atoms with Crippen molar-refractivity contribution in [2.75, 3.05) is 5.32 Å². The molecule has 1 aliphatic rings. The van der Waals surface area contributed by atoms with Crippen LogP contribution in [0.3, 0.4) is 0 Å². The van der Waals surface area contributed by atoms with Crippen molar-refractivity contribution < 1.29 is 7.65 Å². The molecule has 1 amide bonds. The molecule has 0 saturated heterocycles. The molecule has 192 valence electrons. The number of amides is 1. The van der Waals surface area contributed by atoms with Crippen LogP contribution >= 0.6 is 0 Å². The Hall–Kier alpha value is -3.94. The monoisotopic (exact) mass is 490 g/mol. The highest BCUT2D eigenvalue weighted by Crippen LogP contribution is 2.23. The number of imidazole rings is 1. The van der Waals surface area contributed by atoms with Gasteiger partial charge in [0.05, 0.1) is 24.2 Å². The van der Waals surface area contributed by atoms with Gasteiger partial charge in [0.15, 0.2) is 0 Å². The van der Waals surface area contributed by atoms with Gasteiger partial charge in [0.1, 0.15) is 17.6 Å². The molecule has 3 aromatic heterocycles. The van der Waals surface area contributed by atoms with E-state index in [1.807, 2.05) is 22.7 Å². The van der Waals surface area contributed by atoms with Gasteiger partial charge in [0.25, 0.3) is 5.56 Å². The largest absolute Gasteiger partial charge is 0.375 e. The van der Waals surface area contributed by atoms with Crippen LogP contribution in [0.1, 0.15) is 63.7 Å². The molecule has 0 fully saturated rings. The summed E-state index contributed by atoms with van der Waals surface area (Å²) in [5, 5.41) is 6.18. The molecule has 0 radical (unpaired) electrons. The van der Waals surface area contributed by atoms with Crippen LogP contribution in [-0.2, 0) is 24.3 Å². The average molecular weight is 491 g/mol. The van der Waals surface area contributed by atoms with Crippen LogP contribution in [0, 0.1) is 13.8 Å². The third kappa shape index (κ3) is 5.64. The van der Waals surface area contributed by atoms with Crippen molar-refractivity contribution in [1.82, 2.24) is 24.3 Å².